The zero-order valence-electron chi connectivity index (χ0n) is 11.7. The third kappa shape index (κ3) is 2.25. The molecule has 3 heteroatoms. The Hall–Kier alpha value is -2.73. The molecule has 104 valence electrons. The van der Waals surface area contributed by atoms with Crippen LogP contribution in [0, 0.1) is 12.3 Å². The van der Waals surface area contributed by atoms with E-state index in [1.54, 1.807) is 12.0 Å². The number of anilines is 1. The molecule has 3 nitrogen and oxygen atoms in total. The average Bonchev–Trinajstić information content (AvgIpc) is 2.80. The van der Waals surface area contributed by atoms with Crippen LogP contribution in [0.2, 0.25) is 0 Å². The maximum atomic E-state index is 12.5. The topological polar surface area (TPSA) is 29.5 Å². The molecule has 0 aromatic heterocycles. The van der Waals surface area contributed by atoms with Gasteiger partial charge in [0.1, 0.15) is 11.7 Å². The number of methoxy groups -OCH3 is 1. The van der Waals surface area contributed by atoms with Gasteiger partial charge in [0, 0.05) is 11.3 Å². The van der Waals surface area contributed by atoms with Crippen LogP contribution in [0.4, 0.5) is 5.69 Å². The molecule has 2 aromatic carbocycles. The Balaban J connectivity index is 1.92. The fraction of sp³-hybridized carbons (Fsp3) is 0.167. The Labute approximate surface area is 124 Å². The molecule has 0 saturated carbocycles. The van der Waals surface area contributed by atoms with E-state index >= 15 is 0 Å². The van der Waals surface area contributed by atoms with Crippen molar-refractivity contribution in [2.24, 2.45) is 0 Å². The molecular weight excluding hydrogens is 262 g/mol. The van der Waals surface area contributed by atoms with Gasteiger partial charge in [0.2, 0.25) is 5.91 Å². The number of para-hydroxylation sites is 1. The van der Waals surface area contributed by atoms with Crippen molar-refractivity contribution in [1.29, 1.82) is 0 Å². The maximum Gasteiger partial charge on any atom is 0.247 e. The summed E-state index contributed by atoms with van der Waals surface area (Å²) < 4.78 is 5.14. The number of carbonyl (C=O) groups is 1. The van der Waals surface area contributed by atoms with Gasteiger partial charge in [-0.05, 0) is 23.8 Å². The highest BCUT2D eigenvalue weighted by atomic mass is 16.5. The van der Waals surface area contributed by atoms with Crippen LogP contribution in [0.3, 0.4) is 0 Å². The second-order valence-electron chi connectivity index (χ2n) is 4.93. The van der Waals surface area contributed by atoms with E-state index in [1.165, 1.54) is 0 Å². The lowest BCUT2D eigenvalue weighted by atomic mass is 10.0. The molecule has 0 fully saturated rings. The van der Waals surface area contributed by atoms with E-state index in [9.17, 15) is 4.79 Å². The number of ether oxygens (including phenoxy) is 1. The first-order valence-electron chi connectivity index (χ1n) is 6.74. The molecule has 0 bridgehead atoms. The van der Waals surface area contributed by atoms with Crippen molar-refractivity contribution in [3.63, 3.8) is 0 Å². The van der Waals surface area contributed by atoms with Crippen molar-refractivity contribution in [1.82, 2.24) is 0 Å². The minimum atomic E-state index is -0.473. The van der Waals surface area contributed by atoms with Crippen LogP contribution in [0.1, 0.15) is 17.0 Å². The van der Waals surface area contributed by atoms with Gasteiger partial charge >= 0.3 is 0 Å². The smallest absolute Gasteiger partial charge is 0.247 e. The van der Waals surface area contributed by atoms with Gasteiger partial charge in [0.25, 0.3) is 0 Å². The summed E-state index contributed by atoms with van der Waals surface area (Å²) >= 11 is 0. The summed E-state index contributed by atoms with van der Waals surface area (Å²) in [6.45, 7) is 0.512. The standard InChI is InChI=1S/C18H15NO2/c1-3-15-16-6-4-5-7-17(16)19(18(15)20)12-13-8-10-14(21-2)11-9-13/h1,4-11,15H,12H2,2H3. The Morgan fingerprint density at radius 2 is 1.90 bits per heavy atom. The van der Waals surface area contributed by atoms with E-state index in [0.29, 0.717) is 6.54 Å². The van der Waals surface area contributed by atoms with Crippen LogP contribution < -0.4 is 9.64 Å². The normalized spacial score (nSPS) is 16.5. The quantitative estimate of drug-likeness (QED) is 0.807. The van der Waals surface area contributed by atoms with E-state index in [2.05, 4.69) is 5.92 Å². The molecule has 2 aromatic rings. The zero-order valence-corrected chi connectivity index (χ0v) is 11.7. The third-order valence-electron chi connectivity index (χ3n) is 3.72. The molecule has 0 N–H and O–H groups in total. The van der Waals surface area contributed by atoms with Gasteiger partial charge in [0.15, 0.2) is 0 Å². The Bertz CT molecular complexity index is 713. The molecule has 0 aliphatic carbocycles. The SMILES string of the molecule is C#CC1C(=O)N(Cc2ccc(OC)cc2)c2ccccc21. The Kier molecular flexibility index (Phi) is 3.37. The number of amides is 1. The highest BCUT2D eigenvalue weighted by Crippen LogP contribution is 2.37. The average molecular weight is 277 g/mol. The van der Waals surface area contributed by atoms with Gasteiger partial charge in [-0.1, -0.05) is 36.3 Å². The first-order valence-corrected chi connectivity index (χ1v) is 6.74. The number of benzene rings is 2. The second kappa shape index (κ2) is 5.34. The lowest BCUT2D eigenvalue weighted by Gasteiger charge is -2.17. The van der Waals surface area contributed by atoms with E-state index in [0.717, 1.165) is 22.6 Å². The summed E-state index contributed by atoms with van der Waals surface area (Å²) in [6.07, 6.45) is 5.52. The molecular formula is C18H15NO2. The van der Waals surface area contributed by atoms with Crippen molar-refractivity contribution in [2.45, 2.75) is 12.5 Å². The number of fused-ring (bicyclic) bond motifs is 1. The molecule has 1 aliphatic heterocycles. The van der Waals surface area contributed by atoms with Crippen molar-refractivity contribution < 1.29 is 9.53 Å². The minimum absolute atomic E-state index is 0.0329. The minimum Gasteiger partial charge on any atom is -0.497 e. The number of rotatable bonds is 3. The molecule has 0 saturated heterocycles. The van der Waals surface area contributed by atoms with Crippen LogP contribution in [-0.2, 0) is 11.3 Å². The van der Waals surface area contributed by atoms with Gasteiger partial charge < -0.3 is 9.64 Å². The lowest BCUT2D eigenvalue weighted by molar-refractivity contribution is -0.118. The molecule has 1 aliphatic rings. The molecule has 3 rings (SSSR count). The van der Waals surface area contributed by atoms with E-state index < -0.39 is 5.92 Å². The van der Waals surface area contributed by atoms with Crippen LogP contribution in [0.5, 0.6) is 5.75 Å². The maximum absolute atomic E-state index is 12.5. The molecule has 1 atom stereocenters. The highest BCUT2D eigenvalue weighted by Gasteiger charge is 2.35. The van der Waals surface area contributed by atoms with Gasteiger partial charge in [0.05, 0.1) is 13.7 Å². The van der Waals surface area contributed by atoms with Gasteiger partial charge in [-0.2, -0.15) is 0 Å². The third-order valence-corrected chi connectivity index (χ3v) is 3.72. The summed E-state index contributed by atoms with van der Waals surface area (Å²) in [5.41, 5.74) is 2.86. The van der Waals surface area contributed by atoms with E-state index in [4.69, 9.17) is 11.2 Å². The fourth-order valence-electron chi connectivity index (χ4n) is 2.62. The summed E-state index contributed by atoms with van der Waals surface area (Å²) in [6, 6.07) is 15.4. The van der Waals surface area contributed by atoms with Crippen molar-refractivity contribution in [3.8, 4) is 18.1 Å². The van der Waals surface area contributed by atoms with Crippen LogP contribution in [-0.4, -0.2) is 13.0 Å². The van der Waals surface area contributed by atoms with Gasteiger partial charge in [-0.3, -0.25) is 4.79 Å². The van der Waals surface area contributed by atoms with Crippen LogP contribution in [0.15, 0.2) is 48.5 Å². The summed E-state index contributed by atoms with van der Waals surface area (Å²) in [5, 5.41) is 0. The second-order valence-corrected chi connectivity index (χ2v) is 4.93. The largest absolute Gasteiger partial charge is 0.497 e. The highest BCUT2D eigenvalue weighted by molar-refractivity contribution is 6.06. The summed E-state index contributed by atoms with van der Waals surface area (Å²) in [5.74, 6) is 2.89. The Morgan fingerprint density at radius 1 is 1.19 bits per heavy atom. The van der Waals surface area contributed by atoms with Crippen LogP contribution in [0.25, 0.3) is 0 Å². The van der Waals surface area contributed by atoms with E-state index in [-0.39, 0.29) is 5.91 Å². The zero-order chi connectivity index (χ0) is 14.8. The number of carbonyl (C=O) groups excluding carboxylic acids is 1. The number of terminal acetylenes is 1. The number of hydrogen-bond acceptors (Lipinski definition) is 2. The molecule has 21 heavy (non-hydrogen) atoms. The summed E-state index contributed by atoms with van der Waals surface area (Å²) in [4.78, 5) is 14.2. The molecule has 0 radical (unpaired) electrons. The van der Waals surface area contributed by atoms with Crippen molar-refractivity contribution in [2.75, 3.05) is 12.0 Å². The molecule has 1 heterocycles. The number of nitrogens with zero attached hydrogens (tertiary/aromatic N) is 1. The number of hydrogen-bond donors (Lipinski definition) is 0. The first-order chi connectivity index (χ1) is 10.2. The fourth-order valence-corrected chi connectivity index (χ4v) is 2.62. The Morgan fingerprint density at radius 3 is 2.57 bits per heavy atom. The predicted octanol–water partition coefficient (Wildman–Crippen LogP) is 2.96. The molecule has 0 spiro atoms. The first kappa shape index (κ1) is 13.3. The predicted molar refractivity (Wildman–Crippen MR) is 82.2 cm³/mol. The van der Waals surface area contributed by atoms with Gasteiger partial charge in [-0.25, -0.2) is 0 Å². The molecule has 1 amide bonds. The lowest BCUT2D eigenvalue weighted by Crippen LogP contribution is -2.27. The molecule has 1 unspecified atom stereocenters. The van der Waals surface area contributed by atoms with Crippen molar-refractivity contribution >= 4 is 11.6 Å². The monoisotopic (exact) mass is 277 g/mol. The van der Waals surface area contributed by atoms with Crippen molar-refractivity contribution in [3.05, 3.63) is 59.7 Å². The van der Waals surface area contributed by atoms with Crippen LogP contribution >= 0.6 is 0 Å². The summed E-state index contributed by atoms with van der Waals surface area (Å²) in [7, 11) is 1.63. The van der Waals surface area contributed by atoms with E-state index in [1.807, 2.05) is 48.5 Å². The van der Waals surface area contributed by atoms with Gasteiger partial charge in [-0.15, -0.1) is 6.42 Å².